The van der Waals surface area contributed by atoms with Crippen LogP contribution in [0.5, 0.6) is 0 Å². The van der Waals surface area contributed by atoms with Crippen LogP contribution < -0.4 is 10.9 Å². The smallest absolute Gasteiger partial charge is 0.278 e. The predicted octanol–water partition coefficient (Wildman–Crippen LogP) is 3.90. The Bertz CT molecular complexity index is 1330. The largest absolute Gasteiger partial charge is 0.296 e. The third-order valence-corrected chi connectivity index (χ3v) is 5.27. The maximum absolute atomic E-state index is 13.5. The summed E-state index contributed by atoms with van der Waals surface area (Å²) < 4.78 is 27.8. The molecule has 0 atom stereocenters. The molecule has 2 aromatic heterocycles. The van der Waals surface area contributed by atoms with Gasteiger partial charge in [0.2, 0.25) is 0 Å². The average Bonchev–Trinajstić information content (AvgIpc) is 3.06. The van der Waals surface area contributed by atoms with Gasteiger partial charge in [0.15, 0.2) is 22.5 Å². The van der Waals surface area contributed by atoms with Crippen molar-refractivity contribution in [2.75, 3.05) is 5.32 Å². The zero-order chi connectivity index (χ0) is 20.7. The van der Waals surface area contributed by atoms with Crippen LogP contribution in [0.2, 0.25) is 0 Å². The molecule has 0 saturated carbocycles. The molecule has 0 aliphatic heterocycles. The number of hydrogen-bond donors (Lipinski definition) is 1. The van der Waals surface area contributed by atoms with Crippen LogP contribution in [-0.4, -0.2) is 20.7 Å². The number of aryl methyl sites for hydroxylation is 2. The Morgan fingerprint density at radius 1 is 1.10 bits per heavy atom. The van der Waals surface area contributed by atoms with E-state index in [1.165, 1.54) is 24.5 Å². The number of amides is 1. The van der Waals surface area contributed by atoms with E-state index in [4.69, 9.17) is 0 Å². The standard InChI is InChI=1S/C20H14F2N4O2S/c1-10-16(11-7-8-14(21)15(22)9-11)23-20(29-10)24-18(27)17-12-5-3-4-6-13(12)19(28)26(2)25-17/h3-9H,1-2H3,(H,23,24,27). The van der Waals surface area contributed by atoms with E-state index in [0.717, 1.165) is 21.7 Å². The number of nitrogens with zero attached hydrogens (tertiary/aromatic N) is 3. The quantitative estimate of drug-likeness (QED) is 0.554. The van der Waals surface area contributed by atoms with Gasteiger partial charge in [-0.25, -0.2) is 18.4 Å². The van der Waals surface area contributed by atoms with Crippen LogP contribution in [0, 0.1) is 18.6 Å². The van der Waals surface area contributed by atoms with Crippen LogP contribution in [0.1, 0.15) is 15.4 Å². The minimum absolute atomic E-state index is 0.0879. The lowest BCUT2D eigenvalue weighted by atomic mass is 10.1. The highest BCUT2D eigenvalue weighted by Gasteiger charge is 2.18. The van der Waals surface area contributed by atoms with Crippen LogP contribution >= 0.6 is 11.3 Å². The third-order valence-electron chi connectivity index (χ3n) is 4.38. The van der Waals surface area contributed by atoms with Crippen molar-refractivity contribution in [1.82, 2.24) is 14.8 Å². The second-order valence-corrected chi connectivity index (χ2v) is 7.53. The summed E-state index contributed by atoms with van der Waals surface area (Å²) in [6, 6.07) is 10.2. The maximum atomic E-state index is 13.5. The minimum Gasteiger partial charge on any atom is -0.296 e. The number of nitrogens with one attached hydrogen (secondary N) is 1. The molecule has 2 aromatic carbocycles. The zero-order valence-corrected chi connectivity index (χ0v) is 16.2. The molecule has 0 radical (unpaired) electrons. The van der Waals surface area contributed by atoms with E-state index in [0.29, 0.717) is 22.0 Å². The number of aromatic nitrogens is 3. The SMILES string of the molecule is Cc1sc(NC(=O)c2nn(C)c(=O)c3ccccc23)nc1-c1ccc(F)c(F)c1. The Kier molecular flexibility index (Phi) is 4.67. The topological polar surface area (TPSA) is 76.9 Å². The summed E-state index contributed by atoms with van der Waals surface area (Å²) in [7, 11) is 1.47. The Balaban J connectivity index is 1.70. The predicted molar refractivity (Wildman–Crippen MR) is 107 cm³/mol. The molecule has 1 N–H and O–H groups in total. The van der Waals surface area contributed by atoms with E-state index < -0.39 is 17.5 Å². The molecule has 0 saturated heterocycles. The molecule has 0 unspecified atom stereocenters. The molecule has 0 aliphatic rings. The Morgan fingerprint density at radius 2 is 1.83 bits per heavy atom. The molecule has 2 heterocycles. The second kappa shape index (κ2) is 7.17. The summed E-state index contributed by atoms with van der Waals surface area (Å²) in [6.45, 7) is 1.77. The van der Waals surface area contributed by atoms with Gasteiger partial charge in [0.25, 0.3) is 11.5 Å². The summed E-state index contributed by atoms with van der Waals surface area (Å²) in [4.78, 5) is 30.1. The number of rotatable bonds is 3. The van der Waals surface area contributed by atoms with Crippen molar-refractivity contribution in [3.05, 3.63) is 75.0 Å². The van der Waals surface area contributed by atoms with Crippen LogP contribution in [0.4, 0.5) is 13.9 Å². The van der Waals surface area contributed by atoms with E-state index >= 15 is 0 Å². The number of benzene rings is 2. The Morgan fingerprint density at radius 3 is 2.55 bits per heavy atom. The summed E-state index contributed by atoms with van der Waals surface area (Å²) >= 11 is 1.20. The first-order valence-electron chi connectivity index (χ1n) is 8.55. The molecule has 0 spiro atoms. The number of thiazole rings is 1. The molecule has 146 valence electrons. The van der Waals surface area contributed by atoms with E-state index in [2.05, 4.69) is 15.4 Å². The molecule has 4 aromatic rings. The fourth-order valence-electron chi connectivity index (χ4n) is 2.98. The first-order valence-corrected chi connectivity index (χ1v) is 9.37. The molecular weight excluding hydrogens is 398 g/mol. The van der Waals surface area contributed by atoms with Gasteiger partial charge in [-0.05, 0) is 31.2 Å². The maximum Gasteiger partial charge on any atom is 0.278 e. The van der Waals surface area contributed by atoms with Crippen molar-refractivity contribution < 1.29 is 13.6 Å². The highest BCUT2D eigenvalue weighted by atomic mass is 32.1. The average molecular weight is 412 g/mol. The number of carbonyl (C=O) groups excluding carboxylic acids is 1. The summed E-state index contributed by atoms with van der Waals surface area (Å²) in [5.74, 6) is -2.44. The molecule has 29 heavy (non-hydrogen) atoms. The number of carbonyl (C=O) groups is 1. The number of fused-ring (bicyclic) bond motifs is 1. The summed E-state index contributed by atoms with van der Waals surface area (Å²) in [6.07, 6.45) is 0. The van der Waals surface area contributed by atoms with Gasteiger partial charge in [0.1, 0.15) is 0 Å². The van der Waals surface area contributed by atoms with Crippen LogP contribution in [0.25, 0.3) is 22.0 Å². The van der Waals surface area contributed by atoms with Gasteiger partial charge in [0, 0.05) is 22.9 Å². The lowest BCUT2D eigenvalue weighted by Gasteiger charge is -2.07. The lowest BCUT2D eigenvalue weighted by molar-refractivity contribution is 0.102. The molecule has 6 nitrogen and oxygen atoms in total. The van der Waals surface area contributed by atoms with Crippen molar-refractivity contribution in [3.63, 3.8) is 0 Å². The molecular formula is C20H14F2N4O2S. The Labute approximate surface area is 167 Å². The van der Waals surface area contributed by atoms with Crippen molar-refractivity contribution in [2.45, 2.75) is 6.92 Å². The summed E-state index contributed by atoms with van der Waals surface area (Å²) in [5.41, 5.74) is 0.638. The molecule has 4 rings (SSSR count). The fourth-order valence-corrected chi connectivity index (χ4v) is 3.82. The van der Waals surface area contributed by atoms with E-state index in [1.54, 1.807) is 31.2 Å². The third kappa shape index (κ3) is 3.40. The van der Waals surface area contributed by atoms with Crippen LogP contribution in [0.3, 0.4) is 0 Å². The van der Waals surface area contributed by atoms with Gasteiger partial charge in [-0.2, -0.15) is 5.10 Å². The highest BCUT2D eigenvalue weighted by Crippen LogP contribution is 2.31. The van der Waals surface area contributed by atoms with Gasteiger partial charge in [0.05, 0.1) is 11.1 Å². The molecule has 0 aliphatic carbocycles. The zero-order valence-electron chi connectivity index (χ0n) is 15.4. The van der Waals surface area contributed by atoms with Crippen molar-refractivity contribution in [3.8, 4) is 11.3 Å². The Hall–Kier alpha value is -3.46. The first-order chi connectivity index (χ1) is 13.8. The van der Waals surface area contributed by atoms with Crippen LogP contribution in [-0.2, 0) is 7.05 Å². The van der Waals surface area contributed by atoms with Gasteiger partial charge in [-0.3, -0.25) is 14.9 Å². The van der Waals surface area contributed by atoms with E-state index in [1.807, 2.05) is 0 Å². The number of halogens is 2. The summed E-state index contributed by atoms with van der Waals surface area (Å²) in [5, 5.41) is 7.86. The van der Waals surface area contributed by atoms with Gasteiger partial charge < -0.3 is 0 Å². The van der Waals surface area contributed by atoms with Crippen molar-refractivity contribution in [2.24, 2.45) is 7.05 Å². The minimum atomic E-state index is -0.971. The lowest BCUT2D eigenvalue weighted by Crippen LogP contribution is -2.25. The van der Waals surface area contributed by atoms with Gasteiger partial charge >= 0.3 is 0 Å². The molecule has 9 heteroatoms. The molecule has 1 amide bonds. The van der Waals surface area contributed by atoms with Crippen LogP contribution in [0.15, 0.2) is 47.3 Å². The monoisotopic (exact) mass is 412 g/mol. The molecule has 0 bridgehead atoms. The van der Waals surface area contributed by atoms with Gasteiger partial charge in [-0.15, -0.1) is 11.3 Å². The number of anilines is 1. The highest BCUT2D eigenvalue weighted by molar-refractivity contribution is 7.16. The van der Waals surface area contributed by atoms with Gasteiger partial charge in [-0.1, -0.05) is 18.2 Å². The first kappa shape index (κ1) is 18.9. The van der Waals surface area contributed by atoms with E-state index in [-0.39, 0.29) is 16.4 Å². The van der Waals surface area contributed by atoms with Crippen molar-refractivity contribution >= 4 is 33.1 Å². The molecule has 0 fully saturated rings. The fraction of sp³-hybridized carbons (Fsp3) is 0.100. The second-order valence-electron chi connectivity index (χ2n) is 6.33. The normalized spacial score (nSPS) is 11.0. The van der Waals surface area contributed by atoms with Crippen molar-refractivity contribution in [1.29, 1.82) is 0 Å². The van der Waals surface area contributed by atoms with E-state index in [9.17, 15) is 18.4 Å². The number of hydrogen-bond acceptors (Lipinski definition) is 5.